The smallest absolute Gasteiger partial charge is 0.261 e. The summed E-state index contributed by atoms with van der Waals surface area (Å²) in [7, 11) is 0. The molecule has 19 heavy (non-hydrogen) atoms. The van der Waals surface area contributed by atoms with E-state index in [1.165, 1.54) is 22.2 Å². The number of thiophene rings is 2. The molecule has 0 bridgehead atoms. The standard InChI is InChI=1S/C14H16ClNOS2/c15-10-3-1-2-9(6-10)8-16-14(17)13-7-12-11(19-13)4-5-18-12/h4-5,7,9-10H,1-3,6,8H2,(H,16,17). The fraction of sp³-hybridized carbons (Fsp3) is 0.500. The van der Waals surface area contributed by atoms with E-state index in [0.717, 1.165) is 24.3 Å². The Bertz CT molecular complexity index is 548. The lowest BCUT2D eigenvalue weighted by Crippen LogP contribution is -2.31. The molecule has 1 aliphatic rings. The second-order valence-electron chi connectivity index (χ2n) is 5.10. The number of fused-ring (bicyclic) bond motifs is 1. The predicted molar refractivity (Wildman–Crippen MR) is 83.6 cm³/mol. The highest BCUT2D eigenvalue weighted by Gasteiger charge is 2.21. The third kappa shape index (κ3) is 3.12. The summed E-state index contributed by atoms with van der Waals surface area (Å²) in [6.45, 7) is 0.758. The van der Waals surface area contributed by atoms with Crippen molar-refractivity contribution in [2.24, 2.45) is 5.92 Å². The van der Waals surface area contributed by atoms with Crippen LogP contribution in [0.25, 0.3) is 9.40 Å². The van der Waals surface area contributed by atoms with Gasteiger partial charge < -0.3 is 5.32 Å². The van der Waals surface area contributed by atoms with E-state index < -0.39 is 0 Å². The molecule has 0 spiro atoms. The number of halogens is 1. The second kappa shape index (κ2) is 5.81. The highest BCUT2D eigenvalue weighted by atomic mass is 35.5. The Morgan fingerprint density at radius 2 is 2.32 bits per heavy atom. The van der Waals surface area contributed by atoms with E-state index in [0.29, 0.717) is 11.3 Å². The number of hydrogen-bond acceptors (Lipinski definition) is 3. The van der Waals surface area contributed by atoms with Crippen LogP contribution in [0.4, 0.5) is 0 Å². The number of alkyl halides is 1. The SMILES string of the molecule is O=C(NCC1CCCC(Cl)C1)c1cc2sccc2s1. The zero-order valence-corrected chi connectivity index (χ0v) is 12.9. The van der Waals surface area contributed by atoms with Gasteiger partial charge in [0.05, 0.1) is 4.88 Å². The van der Waals surface area contributed by atoms with E-state index >= 15 is 0 Å². The average molecular weight is 314 g/mol. The lowest BCUT2D eigenvalue weighted by Gasteiger charge is -2.25. The summed E-state index contributed by atoms with van der Waals surface area (Å²) in [5.74, 6) is 0.603. The summed E-state index contributed by atoms with van der Waals surface area (Å²) in [6.07, 6.45) is 4.51. The topological polar surface area (TPSA) is 29.1 Å². The first-order chi connectivity index (χ1) is 9.22. The van der Waals surface area contributed by atoms with Crippen molar-refractivity contribution in [3.05, 3.63) is 22.4 Å². The minimum atomic E-state index is 0.0603. The maximum Gasteiger partial charge on any atom is 0.261 e. The van der Waals surface area contributed by atoms with Crippen molar-refractivity contribution in [2.75, 3.05) is 6.54 Å². The second-order valence-corrected chi connectivity index (χ2v) is 7.75. The molecule has 0 aromatic carbocycles. The molecule has 2 aromatic heterocycles. The molecule has 2 nitrogen and oxygen atoms in total. The van der Waals surface area contributed by atoms with Gasteiger partial charge in [0.25, 0.3) is 5.91 Å². The van der Waals surface area contributed by atoms with Gasteiger partial charge in [-0.05, 0) is 42.7 Å². The Kier molecular flexibility index (Phi) is 4.10. The van der Waals surface area contributed by atoms with Crippen molar-refractivity contribution < 1.29 is 4.79 Å². The summed E-state index contributed by atoms with van der Waals surface area (Å²) < 4.78 is 2.40. The van der Waals surface area contributed by atoms with Crippen LogP contribution >= 0.6 is 34.3 Å². The van der Waals surface area contributed by atoms with Gasteiger partial charge in [-0.25, -0.2) is 0 Å². The van der Waals surface area contributed by atoms with Crippen molar-refractivity contribution in [1.29, 1.82) is 0 Å². The molecule has 1 saturated carbocycles. The fourth-order valence-corrected chi connectivity index (χ4v) is 5.04. The van der Waals surface area contributed by atoms with Gasteiger partial charge in [-0.15, -0.1) is 34.3 Å². The van der Waals surface area contributed by atoms with E-state index in [2.05, 4.69) is 16.8 Å². The molecular formula is C14H16ClNOS2. The molecule has 2 heterocycles. The van der Waals surface area contributed by atoms with Crippen LogP contribution in [-0.4, -0.2) is 17.8 Å². The summed E-state index contributed by atoms with van der Waals surface area (Å²) in [4.78, 5) is 12.9. The Balaban J connectivity index is 1.57. The van der Waals surface area contributed by atoms with Gasteiger partial charge >= 0.3 is 0 Å². The van der Waals surface area contributed by atoms with Crippen molar-refractivity contribution in [3.8, 4) is 0 Å². The van der Waals surface area contributed by atoms with Crippen LogP contribution in [0.2, 0.25) is 0 Å². The van der Waals surface area contributed by atoms with E-state index in [9.17, 15) is 4.79 Å². The van der Waals surface area contributed by atoms with Gasteiger partial charge in [-0.1, -0.05) is 6.42 Å². The van der Waals surface area contributed by atoms with E-state index in [1.54, 1.807) is 22.7 Å². The lowest BCUT2D eigenvalue weighted by atomic mass is 9.89. The molecule has 0 radical (unpaired) electrons. The minimum Gasteiger partial charge on any atom is -0.351 e. The van der Waals surface area contributed by atoms with Crippen LogP contribution in [0.3, 0.4) is 0 Å². The third-order valence-electron chi connectivity index (χ3n) is 3.63. The largest absolute Gasteiger partial charge is 0.351 e. The van der Waals surface area contributed by atoms with Crippen molar-refractivity contribution in [2.45, 2.75) is 31.1 Å². The Hall–Kier alpha value is -0.580. The van der Waals surface area contributed by atoms with Gasteiger partial charge in [0, 0.05) is 21.3 Å². The van der Waals surface area contributed by atoms with Crippen molar-refractivity contribution >= 4 is 49.6 Å². The number of nitrogens with one attached hydrogen (secondary N) is 1. The molecule has 1 fully saturated rings. The van der Waals surface area contributed by atoms with Gasteiger partial charge in [-0.2, -0.15) is 0 Å². The number of carbonyl (C=O) groups is 1. The zero-order valence-electron chi connectivity index (χ0n) is 10.5. The van der Waals surface area contributed by atoms with Crippen LogP contribution in [0.1, 0.15) is 35.4 Å². The summed E-state index contributed by atoms with van der Waals surface area (Å²) in [5.41, 5.74) is 0. The molecule has 0 aliphatic heterocycles. The molecule has 1 N–H and O–H groups in total. The minimum absolute atomic E-state index is 0.0603. The molecule has 2 aromatic rings. The molecular weight excluding hydrogens is 298 g/mol. The Labute approximate surface area is 125 Å². The summed E-state index contributed by atoms with van der Waals surface area (Å²) in [5, 5.41) is 5.41. The van der Waals surface area contributed by atoms with Gasteiger partial charge in [0.2, 0.25) is 0 Å². The number of amides is 1. The monoisotopic (exact) mass is 313 g/mol. The number of rotatable bonds is 3. The van der Waals surface area contributed by atoms with E-state index in [4.69, 9.17) is 11.6 Å². The van der Waals surface area contributed by atoms with E-state index in [-0.39, 0.29) is 5.91 Å². The molecule has 102 valence electrons. The summed E-state index contributed by atoms with van der Waals surface area (Å²) in [6, 6.07) is 4.06. The maximum absolute atomic E-state index is 12.1. The maximum atomic E-state index is 12.1. The molecule has 1 amide bonds. The van der Waals surface area contributed by atoms with Crippen molar-refractivity contribution in [3.63, 3.8) is 0 Å². The van der Waals surface area contributed by atoms with E-state index in [1.807, 2.05) is 6.07 Å². The number of carbonyl (C=O) groups excluding carboxylic acids is 1. The Morgan fingerprint density at radius 1 is 1.42 bits per heavy atom. The first-order valence-corrected chi connectivity index (χ1v) is 8.75. The molecule has 3 rings (SSSR count). The normalized spacial score (nSPS) is 23.6. The van der Waals surface area contributed by atoms with Gasteiger partial charge in [0.1, 0.15) is 0 Å². The molecule has 2 unspecified atom stereocenters. The van der Waals surface area contributed by atoms with Crippen molar-refractivity contribution in [1.82, 2.24) is 5.32 Å². The molecule has 5 heteroatoms. The highest BCUT2D eigenvalue weighted by molar-refractivity contribution is 7.27. The van der Waals surface area contributed by atoms with Gasteiger partial charge in [0.15, 0.2) is 0 Å². The molecule has 1 aliphatic carbocycles. The van der Waals surface area contributed by atoms with Crippen LogP contribution in [0, 0.1) is 5.92 Å². The predicted octanol–water partition coefficient (Wildman–Crippen LogP) is 4.49. The quantitative estimate of drug-likeness (QED) is 0.831. The first-order valence-electron chi connectivity index (χ1n) is 6.61. The Morgan fingerprint density at radius 3 is 3.11 bits per heavy atom. The molecule has 2 atom stereocenters. The van der Waals surface area contributed by atoms with Gasteiger partial charge in [-0.3, -0.25) is 4.79 Å². The first kappa shape index (κ1) is 13.4. The summed E-state index contributed by atoms with van der Waals surface area (Å²) >= 11 is 9.43. The lowest BCUT2D eigenvalue weighted by molar-refractivity contribution is 0.0948. The number of hydrogen-bond donors (Lipinski definition) is 1. The fourth-order valence-electron chi connectivity index (χ4n) is 2.61. The average Bonchev–Trinajstić information content (AvgIpc) is 2.96. The zero-order chi connectivity index (χ0) is 13.2. The highest BCUT2D eigenvalue weighted by Crippen LogP contribution is 2.30. The van der Waals surface area contributed by atoms with Crippen LogP contribution in [0.5, 0.6) is 0 Å². The molecule has 0 saturated heterocycles. The van der Waals surface area contributed by atoms with Crippen LogP contribution in [0.15, 0.2) is 17.5 Å². The van der Waals surface area contributed by atoms with Crippen LogP contribution < -0.4 is 5.32 Å². The third-order valence-corrected chi connectivity index (χ3v) is 6.12. The van der Waals surface area contributed by atoms with Crippen LogP contribution in [-0.2, 0) is 0 Å².